The smallest absolute Gasteiger partial charge is 0.308 e. The number of rotatable bonds is 14. The van der Waals surface area contributed by atoms with Crippen molar-refractivity contribution in [3.63, 3.8) is 0 Å². The van der Waals surface area contributed by atoms with Gasteiger partial charge in [-0.2, -0.15) is 5.26 Å². The number of hydrogen-bond acceptors (Lipinski definition) is 8. The highest BCUT2D eigenvalue weighted by atomic mass is 16.7. The first-order chi connectivity index (χ1) is 10.2. The Morgan fingerprint density at radius 1 is 1.05 bits per heavy atom. The van der Waals surface area contributed by atoms with Crippen molar-refractivity contribution < 1.29 is 28.5 Å². The van der Waals surface area contributed by atoms with Crippen LogP contribution in [0.3, 0.4) is 0 Å². The molecule has 0 aromatic heterocycles. The minimum Gasteiger partial charge on any atom is -0.450 e. The molecule has 122 valence electrons. The van der Waals surface area contributed by atoms with Gasteiger partial charge in [-0.3, -0.25) is 9.69 Å². The molecule has 0 N–H and O–H groups in total. The molecule has 8 nitrogen and oxygen atoms in total. The van der Waals surface area contributed by atoms with Crippen molar-refractivity contribution in [1.29, 1.82) is 5.26 Å². The molecule has 0 rings (SSSR count). The summed E-state index contributed by atoms with van der Waals surface area (Å²) in [4.78, 5) is 13.4. The lowest BCUT2D eigenvalue weighted by molar-refractivity contribution is -0.142. The van der Waals surface area contributed by atoms with Crippen LogP contribution in [-0.4, -0.2) is 78.1 Å². The normalized spacial score (nSPS) is 10.6. The highest BCUT2D eigenvalue weighted by Crippen LogP contribution is 1.96. The average Bonchev–Trinajstić information content (AvgIpc) is 2.50. The first-order valence-electron chi connectivity index (χ1n) is 6.62. The fraction of sp³-hybridized carbons (Fsp3) is 0.846. The largest absolute Gasteiger partial charge is 0.450 e. The first kappa shape index (κ1) is 19.8. The molecule has 0 spiro atoms. The Morgan fingerprint density at radius 2 is 1.62 bits per heavy atom. The van der Waals surface area contributed by atoms with Crippen LogP contribution in [-0.2, 0) is 28.5 Å². The van der Waals surface area contributed by atoms with Gasteiger partial charge in [-0.25, -0.2) is 0 Å². The van der Waals surface area contributed by atoms with Gasteiger partial charge in [-0.05, 0) is 0 Å². The summed E-state index contributed by atoms with van der Waals surface area (Å²) < 4.78 is 24.7. The van der Waals surface area contributed by atoms with E-state index in [4.69, 9.17) is 28.9 Å². The predicted molar refractivity (Wildman–Crippen MR) is 73.3 cm³/mol. The number of methoxy groups -OCH3 is 2. The second kappa shape index (κ2) is 15.2. The Hall–Kier alpha value is -1.24. The van der Waals surface area contributed by atoms with Crippen LogP contribution in [0, 0.1) is 11.3 Å². The van der Waals surface area contributed by atoms with Crippen LogP contribution in [0.1, 0.15) is 6.42 Å². The zero-order valence-corrected chi connectivity index (χ0v) is 12.7. The molecule has 8 heteroatoms. The van der Waals surface area contributed by atoms with E-state index in [0.29, 0.717) is 32.8 Å². The molecule has 0 atom stereocenters. The zero-order chi connectivity index (χ0) is 15.8. The minimum absolute atomic E-state index is 0.216. The lowest BCUT2D eigenvalue weighted by atomic mass is 10.3. The van der Waals surface area contributed by atoms with Crippen LogP contribution in [0.2, 0.25) is 0 Å². The average molecular weight is 304 g/mol. The molecule has 0 aliphatic rings. The summed E-state index contributed by atoms with van der Waals surface area (Å²) in [5.41, 5.74) is 0. The molecule has 0 aromatic rings. The number of ether oxygens (including phenoxy) is 5. The van der Waals surface area contributed by atoms with Gasteiger partial charge >= 0.3 is 5.97 Å². The minimum atomic E-state index is -0.392. The molecular formula is C13H24N2O6. The number of esters is 1. The van der Waals surface area contributed by atoms with Crippen LogP contribution < -0.4 is 0 Å². The van der Waals surface area contributed by atoms with Gasteiger partial charge in [0.15, 0.2) is 6.61 Å². The van der Waals surface area contributed by atoms with E-state index in [1.54, 1.807) is 20.3 Å². The van der Waals surface area contributed by atoms with Crippen molar-refractivity contribution in [2.24, 2.45) is 0 Å². The van der Waals surface area contributed by atoms with E-state index < -0.39 is 5.97 Å². The fourth-order valence-electron chi connectivity index (χ4n) is 1.44. The third-order valence-corrected chi connectivity index (χ3v) is 2.44. The molecule has 0 saturated heterocycles. The van der Waals surface area contributed by atoms with Crippen molar-refractivity contribution >= 4 is 5.97 Å². The molecule has 0 bridgehead atoms. The van der Waals surface area contributed by atoms with Gasteiger partial charge in [-0.15, -0.1) is 0 Å². The molecular weight excluding hydrogens is 280 g/mol. The summed E-state index contributed by atoms with van der Waals surface area (Å²) in [5.74, 6) is -0.392. The maximum Gasteiger partial charge on any atom is 0.308 e. The zero-order valence-electron chi connectivity index (χ0n) is 12.7. The number of carbonyl (C=O) groups excluding carboxylic acids is 1. The highest BCUT2D eigenvalue weighted by molar-refractivity contribution is 5.69. The molecule has 0 amide bonds. The third-order valence-electron chi connectivity index (χ3n) is 2.44. The van der Waals surface area contributed by atoms with Crippen LogP contribution in [0.4, 0.5) is 0 Å². The van der Waals surface area contributed by atoms with Crippen molar-refractivity contribution in [3.05, 3.63) is 0 Å². The van der Waals surface area contributed by atoms with Crippen LogP contribution in [0.5, 0.6) is 0 Å². The summed E-state index contributed by atoms with van der Waals surface area (Å²) >= 11 is 0. The maximum absolute atomic E-state index is 11.4. The summed E-state index contributed by atoms with van der Waals surface area (Å²) in [6.07, 6.45) is 0.218. The van der Waals surface area contributed by atoms with Crippen molar-refractivity contribution in [3.8, 4) is 6.07 Å². The predicted octanol–water partition coefficient (Wildman–Crippen LogP) is -0.0137. The Balaban J connectivity index is 3.93. The molecule has 0 heterocycles. The molecule has 0 unspecified atom stereocenters. The lowest BCUT2D eigenvalue weighted by Crippen LogP contribution is -2.33. The Morgan fingerprint density at radius 3 is 2.10 bits per heavy atom. The fourth-order valence-corrected chi connectivity index (χ4v) is 1.44. The molecule has 0 saturated carbocycles. The topological polar surface area (TPSA) is 90.2 Å². The van der Waals surface area contributed by atoms with Gasteiger partial charge in [0.25, 0.3) is 0 Å². The molecule has 0 aliphatic heterocycles. The summed E-state index contributed by atoms with van der Waals surface area (Å²) in [5, 5.41) is 8.33. The van der Waals surface area contributed by atoms with Gasteiger partial charge in [0.05, 0.1) is 19.6 Å². The van der Waals surface area contributed by atoms with Crippen LogP contribution in [0.25, 0.3) is 0 Å². The van der Waals surface area contributed by atoms with Gasteiger partial charge in [0.2, 0.25) is 0 Å². The number of carbonyl (C=O) groups is 1. The van der Waals surface area contributed by atoms with Crippen molar-refractivity contribution in [1.82, 2.24) is 4.90 Å². The lowest BCUT2D eigenvalue weighted by Gasteiger charge is -2.21. The Kier molecular flexibility index (Phi) is 14.3. The highest BCUT2D eigenvalue weighted by Gasteiger charge is 2.09. The van der Waals surface area contributed by atoms with E-state index in [2.05, 4.69) is 0 Å². The summed E-state index contributed by atoms with van der Waals surface area (Å²) in [6.45, 7) is 3.04. The van der Waals surface area contributed by atoms with Gasteiger partial charge in [0, 0.05) is 33.9 Å². The van der Waals surface area contributed by atoms with E-state index in [0.717, 1.165) is 0 Å². The molecule has 0 fully saturated rings. The second-order valence-electron chi connectivity index (χ2n) is 4.04. The van der Waals surface area contributed by atoms with Crippen molar-refractivity contribution in [2.45, 2.75) is 6.42 Å². The maximum atomic E-state index is 11.4. The van der Waals surface area contributed by atoms with Crippen molar-refractivity contribution in [2.75, 3.05) is 67.3 Å². The van der Waals surface area contributed by atoms with Gasteiger partial charge in [0.1, 0.15) is 19.7 Å². The van der Waals surface area contributed by atoms with Crippen LogP contribution in [0.15, 0.2) is 0 Å². The Labute approximate surface area is 125 Å². The molecule has 0 radical (unpaired) electrons. The van der Waals surface area contributed by atoms with E-state index in [9.17, 15) is 4.79 Å². The standard InChI is InChI=1S/C13H24N2O6/c1-17-11-19-9-6-15(7-10-20-12-18-2)5-3-13(16)21-8-4-14/h3,5-12H2,1-2H3. The Bertz CT molecular complexity index is 283. The third kappa shape index (κ3) is 13.5. The number of nitriles is 1. The second-order valence-corrected chi connectivity index (χ2v) is 4.04. The first-order valence-corrected chi connectivity index (χ1v) is 6.62. The van der Waals surface area contributed by atoms with Gasteiger partial charge < -0.3 is 23.7 Å². The van der Waals surface area contributed by atoms with E-state index in [-0.39, 0.29) is 26.6 Å². The van der Waals surface area contributed by atoms with E-state index >= 15 is 0 Å². The number of hydrogen-bond donors (Lipinski definition) is 0. The summed E-state index contributed by atoms with van der Waals surface area (Å²) in [7, 11) is 3.11. The molecule has 0 aliphatic carbocycles. The SMILES string of the molecule is COCOCCN(CCOCOC)CCC(=O)OCC#N. The van der Waals surface area contributed by atoms with E-state index in [1.165, 1.54) is 0 Å². The monoisotopic (exact) mass is 304 g/mol. The van der Waals surface area contributed by atoms with E-state index in [1.807, 2.05) is 4.90 Å². The molecule has 21 heavy (non-hydrogen) atoms. The molecule has 0 aromatic carbocycles. The summed E-state index contributed by atoms with van der Waals surface area (Å²) in [6, 6.07) is 1.76. The number of nitrogens with zero attached hydrogens (tertiary/aromatic N) is 2. The quantitative estimate of drug-likeness (QED) is 0.251. The van der Waals surface area contributed by atoms with Gasteiger partial charge in [-0.1, -0.05) is 0 Å². The van der Waals surface area contributed by atoms with Crippen LogP contribution >= 0.6 is 0 Å².